The van der Waals surface area contributed by atoms with Crippen LogP contribution in [0.15, 0.2) is 203 Å². The number of para-hydroxylation sites is 3. The molecule has 0 amide bonds. The Morgan fingerprint density at radius 3 is 1.49 bits per heavy atom. The van der Waals surface area contributed by atoms with Crippen LogP contribution >= 0.6 is 0 Å². The third kappa shape index (κ3) is 5.70. The minimum Gasteiger partial charge on any atom is -0.456 e. The Morgan fingerprint density at radius 1 is 0.333 bits per heavy atom. The second-order valence-electron chi connectivity index (χ2n) is 14.0. The Labute approximate surface area is 328 Å². The third-order valence-corrected chi connectivity index (χ3v) is 10.5. The first-order valence-electron chi connectivity index (χ1n) is 18.9. The van der Waals surface area contributed by atoms with E-state index in [1.807, 2.05) is 91.0 Å². The van der Waals surface area contributed by atoms with Crippen LogP contribution in [-0.4, -0.2) is 15.0 Å². The van der Waals surface area contributed by atoms with Gasteiger partial charge in [-0.2, -0.15) is 0 Å². The molecule has 6 nitrogen and oxygen atoms in total. The van der Waals surface area contributed by atoms with Crippen LogP contribution in [0.3, 0.4) is 0 Å². The molecule has 57 heavy (non-hydrogen) atoms. The molecule has 0 saturated carbocycles. The van der Waals surface area contributed by atoms with Gasteiger partial charge in [0.25, 0.3) is 0 Å². The van der Waals surface area contributed by atoms with Crippen LogP contribution in [-0.2, 0) is 0 Å². The van der Waals surface area contributed by atoms with E-state index in [4.69, 9.17) is 23.8 Å². The minimum absolute atomic E-state index is 0.535. The van der Waals surface area contributed by atoms with E-state index in [-0.39, 0.29) is 0 Å². The molecule has 0 aliphatic heterocycles. The van der Waals surface area contributed by atoms with E-state index in [1.165, 1.54) is 0 Å². The maximum absolute atomic E-state index is 6.73. The molecule has 0 spiro atoms. The predicted octanol–water partition coefficient (Wildman–Crippen LogP) is 13.8. The molecule has 0 aliphatic rings. The largest absolute Gasteiger partial charge is 0.456 e. The molecule has 268 valence electrons. The van der Waals surface area contributed by atoms with Crippen molar-refractivity contribution in [2.24, 2.45) is 0 Å². The van der Waals surface area contributed by atoms with E-state index in [9.17, 15) is 0 Å². The molecule has 0 fully saturated rings. The first-order valence-corrected chi connectivity index (χ1v) is 18.9. The number of benzene rings is 8. The molecular formula is C51H32N4O2. The summed E-state index contributed by atoms with van der Waals surface area (Å²) in [6.07, 6.45) is 0. The highest BCUT2D eigenvalue weighted by Crippen LogP contribution is 2.48. The molecule has 0 bridgehead atoms. The summed E-state index contributed by atoms with van der Waals surface area (Å²) in [5.41, 5.74) is 10.7. The SMILES string of the molecule is c1ccc(-c2ccc(N(c3cccc4c3oc3ccccc34)c3cc(-c4nc(-c5ccccc5)nc(-c5ccccc5)n4)cc4oc5ccccc5c34)cc2)cc1. The number of hydrogen-bond donors (Lipinski definition) is 0. The van der Waals surface area contributed by atoms with E-state index in [0.717, 1.165) is 83.2 Å². The molecule has 0 saturated heterocycles. The molecule has 6 heteroatoms. The Bertz CT molecular complexity index is 3170. The number of nitrogens with zero attached hydrogens (tertiary/aromatic N) is 4. The topological polar surface area (TPSA) is 68.2 Å². The zero-order valence-electron chi connectivity index (χ0n) is 30.6. The highest BCUT2D eigenvalue weighted by molar-refractivity contribution is 6.17. The normalized spacial score (nSPS) is 11.5. The standard InChI is InChI=1S/C51H32N4O2/c1-4-15-33(16-5-1)34-27-29-38(30-28-34)55(42-24-14-23-40-39-21-10-12-25-44(39)57-48(40)42)43-31-37(32-46-47(43)41-22-11-13-26-45(41)56-46)51-53-49(35-17-6-2-7-18-35)52-50(54-51)36-19-8-3-9-20-36/h1-32H. The van der Waals surface area contributed by atoms with Crippen molar-refractivity contribution < 1.29 is 8.83 Å². The summed E-state index contributed by atoms with van der Waals surface area (Å²) < 4.78 is 13.4. The van der Waals surface area contributed by atoms with E-state index in [1.54, 1.807) is 0 Å². The zero-order valence-corrected chi connectivity index (χ0v) is 30.6. The molecule has 3 aromatic heterocycles. The lowest BCUT2D eigenvalue weighted by Gasteiger charge is -2.27. The van der Waals surface area contributed by atoms with Gasteiger partial charge < -0.3 is 13.7 Å². The Hall–Kier alpha value is -7.83. The van der Waals surface area contributed by atoms with E-state index >= 15 is 0 Å². The summed E-state index contributed by atoms with van der Waals surface area (Å²) in [7, 11) is 0. The number of hydrogen-bond acceptors (Lipinski definition) is 6. The summed E-state index contributed by atoms with van der Waals surface area (Å²) in [5, 5.41) is 4.07. The lowest BCUT2D eigenvalue weighted by atomic mass is 10.0. The predicted molar refractivity (Wildman–Crippen MR) is 231 cm³/mol. The fraction of sp³-hybridized carbons (Fsp3) is 0. The van der Waals surface area contributed by atoms with Crippen molar-refractivity contribution >= 4 is 60.9 Å². The average Bonchev–Trinajstić information content (AvgIpc) is 3.87. The summed E-state index contributed by atoms with van der Waals surface area (Å²) in [5.74, 6) is 1.71. The smallest absolute Gasteiger partial charge is 0.164 e. The molecule has 11 aromatic rings. The van der Waals surface area contributed by atoms with Gasteiger partial charge in [0.15, 0.2) is 23.1 Å². The van der Waals surface area contributed by atoms with E-state index in [2.05, 4.69) is 108 Å². The van der Waals surface area contributed by atoms with Crippen LogP contribution in [0.1, 0.15) is 0 Å². The Balaban J connectivity index is 1.21. The molecule has 0 unspecified atom stereocenters. The number of fused-ring (bicyclic) bond motifs is 6. The minimum atomic E-state index is 0.535. The van der Waals surface area contributed by atoms with E-state index in [0.29, 0.717) is 23.1 Å². The van der Waals surface area contributed by atoms with Crippen molar-refractivity contribution in [2.45, 2.75) is 0 Å². The lowest BCUT2D eigenvalue weighted by Crippen LogP contribution is -2.11. The second kappa shape index (κ2) is 13.5. The van der Waals surface area contributed by atoms with Crippen molar-refractivity contribution in [1.29, 1.82) is 0 Å². The number of furan rings is 2. The maximum Gasteiger partial charge on any atom is 0.164 e. The van der Waals surface area contributed by atoms with Crippen LogP contribution < -0.4 is 4.90 Å². The molecule has 3 heterocycles. The molecule has 11 rings (SSSR count). The van der Waals surface area contributed by atoms with Crippen LogP contribution in [0.4, 0.5) is 17.1 Å². The van der Waals surface area contributed by atoms with Crippen LogP contribution in [0.5, 0.6) is 0 Å². The molecule has 8 aromatic carbocycles. The van der Waals surface area contributed by atoms with Crippen LogP contribution in [0.2, 0.25) is 0 Å². The van der Waals surface area contributed by atoms with Gasteiger partial charge in [0, 0.05) is 38.5 Å². The first-order chi connectivity index (χ1) is 28.2. The van der Waals surface area contributed by atoms with Gasteiger partial charge >= 0.3 is 0 Å². The van der Waals surface area contributed by atoms with Gasteiger partial charge in [-0.15, -0.1) is 0 Å². The summed E-state index contributed by atoms with van der Waals surface area (Å²) in [6, 6.07) is 66.2. The quantitative estimate of drug-likeness (QED) is 0.162. The van der Waals surface area contributed by atoms with Crippen molar-refractivity contribution in [2.75, 3.05) is 4.90 Å². The van der Waals surface area contributed by atoms with Crippen molar-refractivity contribution in [3.8, 4) is 45.3 Å². The van der Waals surface area contributed by atoms with Gasteiger partial charge in [0.05, 0.1) is 16.8 Å². The molecule has 0 aliphatic carbocycles. The highest BCUT2D eigenvalue weighted by Gasteiger charge is 2.25. The van der Waals surface area contributed by atoms with Gasteiger partial charge in [0.2, 0.25) is 0 Å². The van der Waals surface area contributed by atoms with Crippen molar-refractivity contribution in [3.63, 3.8) is 0 Å². The highest BCUT2D eigenvalue weighted by atomic mass is 16.3. The molecule has 0 N–H and O–H groups in total. The van der Waals surface area contributed by atoms with Crippen molar-refractivity contribution in [3.05, 3.63) is 194 Å². The van der Waals surface area contributed by atoms with Gasteiger partial charge in [-0.25, -0.2) is 15.0 Å². The summed E-state index contributed by atoms with van der Waals surface area (Å²) in [4.78, 5) is 17.5. The zero-order chi connectivity index (χ0) is 37.7. The fourth-order valence-electron chi connectivity index (χ4n) is 7.83. The third-order valence-electron chi connectivity index (χ3n) is 10.5. The van der Waals surface area contributed by atoms with Gasteiger partial charge in [0.1, 0.15) is 16.7 Å². The van der Waals surface area contributed by atoms with Gasteiger partial charge in [-0.05, 0) is 53.6 Å². The molecule has 0 atom stereocenters. The lowest BCUT2D eigenvalue weighted by molar-refractivity contribution is 0.668. The molecular weight excluding hydrogens is 701 g/mol. The van der Waals surface area contributed by atoms with Gasteiger partial charge in [-0.3, -0.25) is 0 Å². The molecule has 0 radical (unpaired) electrons. The van der Waals surface area contributed by atoms with Gasteiger partial charge in [-0.1, -0.05) is 152 Å². The fourth-order valence-corrected chi connectivity index (χ4v) is 7.83. The van der Waals surface area contributed by atoms with Crippen molar-refractivity contribution in [1.82, 2.24) is 15.0 Å². The number of rotatable bonds is 7. The number of aromatic nitrogens is 3. The first kappa shape index (κ1) is 32.6. The maximum atomic E-state index is 6.73. The van der Waals surface area contributed by atoms with Crippen LogP contribution in [0.25, 0.3) is 89.2 Å². The Morgan fingerprint density at radius 2 is 0.842 bits per heavy atom. The monoisotopic (exact) mass is 732 g/mol. The second-order valence-corrected chi connectivity index (χ2v) is 14.0. The summed E-state index contributed by atoms with van der Waals surface area (Å²) in [6.45, 7) is 0. The Kier molecular flexibility index (Phi) is 7.71. The average molecular weight is 733 g/mol. The number of anilines is 3. The van der Waals surface area contributed by atoms with Crippen LogP contribution in [0, 0.1) is 0 Å². The van der Waals surface area contributed by atoms with E-state index < -0.39 is 0 Å². The summed E-state index contributed by atoms with van der Waals surface area (Å²) >= 11 is 0.